The number of rotatable bonds is 4. The van der Waals surface area contributed by atoms with Gasteiger partial charge in [-0.2, -0.15) is 0 Å². The number of hydrogen-bond donors (Lipinski definition) is 0. The molecule has 0 spiro atoms. The van der Waals surface area contributed by atoms with Crippen molar-refractivity contribution in [2.75, 3.05) is 39.3 Å². The second-order valence-electron chi connectivity index (χ2n) is 9.64. The Bertz CT molecular complexity index is 1230. The van der Waals surface area contributed by atoms with Crippen LogP contribution in [0.2, 0.25) is 0 Å². The first-order chi connectivity index (χ1) is 17.5. The number of likely N-dealkylation sites (tertiary alicyclic amines) is 1. The number of amides is 3. The summed E-state index contributed by atoms with van der Waals surface area (Å²) < 4.78 is 5.22. The van der Waals surface area contributed by atoms with Crippen LogP contribution in [0.4, 0.5) is 0 Å². The number of piperazine rings is 1. The van der Waals surface area contributed by atoms with Crippen LogP contribution < -0.4 is 0 Å². The van der Waals surface area contributed by atoms with Crippen LogP contribution >= 0.6 is 0 Å². The van der Waals surface area contributed by atoms with Crippen molar-refractivity contribution in [2.45, 2.75) is 25.7 Å². The molecule has 0 radical (unpaired) electrons. The van der Waals surface area contributed by atoms with Crippen molar-refractivity contribution in [3.05, 3.63) is 94.9 Å². The second-order valence-corrected chi connectivity index (χ2v) is 9.64. The Balaban J connectivity index is 1.22. The lowest BCUT2D eigenvalue weighted by molar-refractivity contribution is 0.0518. The molecule has 5 rings (SSSR count). The van der Waals surface area contributed by atoms with Gasteiger partial charge in [-0.3, -0.25) is 14.4 Å². The molecule has 3 aromatic rings. The molecule has 0 unspecified atom stereocenters. The first-order valence-corrected chi connectivity index (χ1v) is 12.6. The SMILES string of the molecule is Cc1ccc(C(=O)N2CCC[C@H](c3cccc(C(=O)N4CCN(C(=O)c5ccco5)CC4)c3)C2)cc1. The van der Waals surface area contributed by atoms with E-state index in [1.165, 1.54) is 6.26 Å². The Labute approximate surface area is 211 Å². The van der Waals surface area contributed by atoms with Gasteiger partial charge in [0.2, 0.25) is 0 Å². The molecular formula is C29H31N3O4. The lowest BCUT2D eigenvalue weighted by atomic mass is 9.89. The minimum absolute atomic E-state index is 0.0228. The molecule has 36 heavy (non-hydrogen) atoms. The molecule has 2 aliphatic rings. The highest BCUT2D eigenvalue weighted by molar-refractivity contribution is 5.95. The zero-order chi connectivity index (χ0) is 25.1. The monoisotopic (exact) mass is 485 g/mol. The van der Waals surface area contributed by atoms with E-state index in [2.05, 4.69) is 6.07 Å². The van der Waals surface area contributed by atoms with Gasteiger partial charge in [0.15, 0.2) is 5.76 Å². The summed E-state index contributed by atoms with van der Waals surface area (Å²) in [5, 5.41) is 0. The molecule has 7 heteroatoms. The molecule has 0 aliphatic carbocycles. The Hall–Kier alpha value is -3.87. The van der Waals surface area contributed by atoms with Crippen molar-refractivity contribution in [3.63, 3.8) is 0 Å². The van der Waals surface area contributed by atoms with Crippen molar-refractivity contribution in [3.8, 4) is 0 Å². The average Bonchev–Trinajstić information content (AvgIpc) is 3.48. The van der Waals surface area contributed by atoms with E-state index in [1.54, 1.807) is 21.9 Å². The van der Waals surface area contributed by atoms with E-state index in [4.69, 9.17) is 4.42 Å². The Morgan fingerprint density at radius 3 is 2.14 bits per heavy atom. The van der Waals surface area contributed by atoms with E-state index in [0.29, 0.717) is 44.0 Å². The van der Waals surface area contributed by atoms with Gasteiger partial charge in [-0.05, 0) is 61.7 Å². The molecule has 0 saturated carbocycles. The molecule has 1 atom stereocenters. The quantitative estimate of drug-likeness (QED) is 0.555. The summed E-state index contributed by atoms with van der Waals surface area (Å²) in [5.41, 5.74) is 3.60. The van der Waals surface area contributed by atoms with Crippen LogP contribution in [0.3, 0.4) is 0 Å². The third-order valence-corrected chi connectivity index (χ3v) is 7.20. The van der Waals surface area contributed by atoms with Crippen LogP contribution in [-0.4, -0.2) is 71.7 Å². The standard InChI is InChI=1S/C29H31N3O4/c1-21-9-11-22(12-10-21)27(33)32-13-3-7-25(20-32)23-5-2-6-24(19-23)28(34)30-14-16-31(17-15-30)29(35)26-8-4-18-36-26/h2,4-6,8-12,18-19,25H,3,7,13-17,20H2,1H3/t25-/m0/s1. The summed E-state index contributed by atoms with van der Waals surface area (Å²) in [6, 6.07) is 18.9. The fraction of sp³-hybridized carbons (Fsp3) is 0.345. The normalized spacial score (nSPS) is 18.2. The third kappa shape index (κ3) is 5.05. The Morgan fingerprint density at radius 1 is 0.750 bits per heavy atom. The van der Waals surface area contributed by atoms with Gasteiger partial charge in [0.1, 0.15) is 0 Å². The van der Waals surface area contributed by atoms with Crippen molar-refractivity contribution in [2.24, 2.45) is 0 Å². The Kier molecular flexibility index (Phi) is 6.89. The van der Waals surface area contributed by atoms with E-state index in [0.717, 1.165) is 36.1 Å². The number of furan rings is 1. The molecule has 7 nitrogen and oxygen atoms in total. The zero-order valence-corrected chi connectivity index (χ0v) is 20.6. The number of piperidine rings is 1. The van der Waals surface area contributed by atoms with Crippen molar-refractivity contribution < 1.29 is 18.8 Å². The van der Waals surface area contributed by atoms with Gasteiger partial charge >= 0.3 is 0 Å². The molecule has 186 valence electrons. The lowest BCUT2D eigenvalue weighted by Gasteiger charge is -2.35. The molecular weight excluding hydrogens is 454 g/mol. The van der Waals surface area contributed by atoms with Gasteiger partial charge < -0.3 is 19.1 Å². The fourth-order valence-corrected chi connectivity index (χ4v) is 5.09. The van der Waals surface area contributed by atoms with Crippen LogP contribution in [0, 0.1) is 6.92 Å². The maximum atomic E-state index is 13.3. The second kappa shape index (κ2) is 10.4. The maximum absolute atomic E-state index is 13.3. The first-order valence-electron chi connectivity index (χ1n) is 12.6. The molecule has 0 N–H and O–H groups in total. The molecule has 1 aromatic heterocycles. The van der Waals surface area contributed by atoms with Crippen molar-refractivity contribution in [1.29, 1.82) is 0 Å². The molecule has 3 amide bonds. The molecule has 3 heterocycles. The number of carbonyl (C=O) groups is 3. The van der Waals surface area contributed by atoms with Gasteiger partial charge in [0.25, 0.3) is 17.7 Å². The summed E-state index contributed by atoms with van der Waals surface area (Å²) in [4.78, 5) is 44.3. The minimum atomic E-state index is -0.142. The predicted octanol–water partition coefficient (Wildman–Crippen LogP) is 4.21. The van der Waals surface area contributed by atoms with E-state index in [9.17, 15) is 14.4 Å². The number of benzene rings is 2. The number of carbonyl (C=O) groups excluding carboxylic acids is 3. The summed E-state index contributed by atoms with van der Waals surface area (Å²) >= 11 is 0. The Morgan fingerprint density at radius 2 is 1.44 bits per heavy atom. The van der Waals surface area contributed by atoms with Gasteiger partial charge in [-0.25, -0.2) is 0 Å². The van der Waals surface area contributed by atoms with Crippen LogP contribution in [0.25, 0.3) is 0 Å². The molecule has 2 aliphatic heterocycles. The fourth-order valence-electron chi connectivity index (χ4n) is 5.09. The van der Waals surface area contributed by atoms with Crippen LogP contribution in [0.1, 0.15) is 61.2 Å². The average molecular weight is 486 g/mol. The molecule has 2 saturated heterocycles. The summed E-state index contributed by atoms with van der Waals surface area (Å²) in [6.07, 6.45) is 3.42. The highest BCUT2D eigenvalue weighted by Crippen LogP contribution is 2.29. The van der Waals surface area contributed by atoms with Crippen molar-refractivity contribution >= 4 is 17.7 Å². The maximum Gasteiger partial charge on any atom is 0.289 e. The number of aryl methyl sites for hydroxylation is 1. The summed E-state index contributed by atoms with van der Waals surface area (Å²) in [5.74, 6) is 0.420. The van der Waals surface area contributed by atoms with Gasteiger partial charge in [0, 0.05) is 56.3 Å². The van der Waals surface area contributed by atoms with E-state index < -0.39 is 0 Å². The molecule has 0 bridgehead atoms. The topological polar surface area (TPSA) is 74.1 Å². The smallest absolute Gasteiger partial charge is 0.289 e. The van der Waals surface area contributed by atoms with Gasteiger partial charge in [-0.15, -0.1) is 0 Å². The summed E-state index contributed by atoms with van der Waals surface area (Å²) in [7, 11) is 0. The zero-order valence-electron chi connectivity index (χ0n) is 20.6. The van der Waals surface area contributed by atoms with E-state index in [-0.39, 0.29) is 23.6 Å². The van der Waals surface area contributed by atoms with E-state index >= 15 is 0 Å². The first kappa shape index (κ1) is 23.9. The largest absolute Gasteiger partial charge is 0.459 e. The highest BCUT2D eigenvalue weighted by Gasteiger charge is 2.28. The van der Waals surface area contributed by atoms with Crippen molar-refractivity contribution in [1.82, 2.24) is 14.7 Å². The lowest BCUT2D eigenvalue weighted by Crippen LogP contribution is -2.50. The molecule has 2 fully saturated rings. The van der Waals surface area contributed by atoms with Gasteiger partial charge in [0.05, 0.1) is 6.26 Å². The number of nitrogens with zero attached hydrogens (tertiary/aromatic N) is 3. The third-order valence-electron chi connectivity index (χ3n) is 7.20. The molecule has 2 aromatic carbocycles. The van der Waals surface area contributed by atoms with Crippen LogP contribution in [0.15, 0.2) is 71.3 Å². The predicted molar refractivity (Wildman–Crippen MR) is 136 cm³/mol. The minimum Gasteiger partial charge on any atom is -0.459 e. The van der Waals surface area contributed by atoms with E-state index in [1.807, 2.05) is 54.3 Å². The number of hydrogen-bond acceptors (Lipinski definition) is 4. The van der Waals surface area contributed by atoms with Gasteiger partial charge in [-0.1, -0.05) is 29.8 Å². The van der Waals surface area contributed by atoms with Crippen LogP contribution in [0.5, 0.6) is 0 Å². The van der Waals surface area contributed by atoms with Crippen LogP contribution in [-0.2, 0) is 0 Å². The summed E-state index contributed by atoms with van der Waals surface area (Å²) in [6.45, 7) is 5.34. The highest BCUT2D eigenvalue weighted by atomic mass is 16.3.